The number of hydrogen-bond donors (Lipinski definition) is 3. The predicted octanol–water partition coefficient (Wildman–Crippen LogP) is 5.52. The Morgan fingerprint density at radius 1 is 0.979 bits per heavy atom. The number of aromatic nitrogens is 3. The third-order valence-corrected chi connectivity index (χ3v) is 8.87. The van der Waals surface area contributed by atoms with Gasteiger partial charge in [0.15, 0.2) is 0 Å². The van der Waals surface area contributed by atoms with Crippen LogP contribution in [0.3, 0.4) is 0 Å². The lowest BCUT2D eigenvalue weighted by Crippen LogP contribution is -2.49. The van der Waals surface area contributed by atoms with Crippen LogP contribution in [0.4, 0.5) is 26.3 Å². The van der Waals surface area contributed by atoms with Crippen molar-refractivity contribution in [2.75, 3.05) is 13.1 Å². The molecular weight excluding hydrogens is 632 g/mol. The van der Waals surface area contributed by atoms with Crippen LogP contribution in [0.25, 0.3) is 0 Å². The largest absolute Gasteiger partial charge is 0.416 e. The number of carbonyl (C=O) groups is 2. The molecule has 0 bridgehead atoms. The number of H-pyrrole nitrogens is 2. The second-order valence-electron chi connectivity index (χ2n) is 12.2. The Morgan fingerprint density at radius 3 is 2.19 bits per heavy atom. The minimum absolute atomic E-state index is 0.0380. The van der Waals surface area contributed by atoms with Gasteiger partial charge in [-0.2, -0.15) is 31.4 Å². The van der Waals surface area contributed by atoms with Crippen LogP contribution >= 0.6 is 0 Å². The van der Waals surface area contributed by atoms with Gasteiger partial charge in [0.2, 0.25) is 11.8 Å². The molecule has 254 valence electrons. The molecule has 0 unspecified atom stereocenters. The van der Waals surface area contributed by atoms with E-state index < -0.39 is 41.4 Å². The van der Waals surface area contributed by atoms with Crippen LogP contribution in [0.2, 0.25) is 0 Å². The lowest BCUT2D eigenvalue weighted by molar-refractivity contribution is -0.143. The van der Waals surface area contributed by atoms with Crippen LogP contribution in [0.15, 0.2) is 53.3 Å². The normalized spacial score (nSPS) is 22.9. The summed E-state index contributed by atoms with van der Waals surface area (Å²) in [4.78, 5) is 41.4. The first-order chi connectivity index (χ1) is 22.2. The highest BCUT2D eigenvalue weighted by molar-refractivity contribution is 5.80. The van der Waals surface area contributed by atoms with E-state index in [1.54, 1.807) is 4.90 Å². The highest BCUT2D eigenvalue weighted by Gasteiger charge is 2.40. The number of nitrogens with one attached hydrogen (secondary N) is 3. The molecule has 1 saturated heterocycles. The molecule has 2 aromatic carbocycles. The summed E-state index contributed by atoms with van der Waals surface area (Å²) in [5.74, 6) is -0.724. The van der Waals surface area contributed by atoms with Gasteiger partial charge in [-0.3, -0.25) is 14.6 Å². The van der Waals surface area contributed by atoms with E-state index in [9.17, 15) is 40.7 Å². The molecule has 2 fully saturated rings. The number of alkyl halides is 6. The molecule has 0 radical (unpaired) electrons. The third kappa shape index (κ3) is 8.62. The molecule has 1 aliphatic carbocycles. The molecule has 0 spiro atoms. The number of amides is 2. The van der Waals surface area contributed by atoms with Crippen LogP contribution in [0, 0.1) is 5.92 Å². The average Bonchev–Trinajstić information content (AvgIpc) is 3.44. The quantitative estimate of drug-likeness (QED) is 0.274. The SMILES string of the molecule is C[C@@H](O[C@H]1CCN(C(=O)[C@H]2CC[C@H](NC(=O)Cc3n[nH]c(=O)[nH]3)CC2)C[C@H]1c1ccccc1)c1cc(C(F)(F)F)cc(C(F)(F)F)c1. The van der Waals surface area contributed by atoms with Gasteiger partial charge in [0.25, 0.3) is 0 Å². The fourth-order valence-electron chi connectivity index (χ4n) is 6.43. The van der Waals surface area contributed by atoms with Gasteiger partial charge in [-0.1, -0.05) is 30.3 Å². The summed E-state index contributed by atoms with van der Waals surface area (Å²) in [7, 11) is 0. The molecule has 3 aromatic rings. The Bertz CT molecular complexity index is 1570. The van der Waals surface area contributed by atoms with E-state index in [0.29, 0.717) is 50.8 Å². The Labute approximate surface area is 266 Å². The maximum absolute atomic E-state index is 13.7. The van der Waals surface area contributed by atoms with Crippen molar-refractivity contribution in [1.29, 1.82) is 0 Å². The third-order valence-electron chi connectivity index (χ3n) is 8.87. The Balaban J connectivity index is 1.24. The number of ether oxygens (including phenoxy) is 1. The maximum Gasteiger partial charge on any atom is 0.416 e. The Hall–Kier alpha value is -4.14. The fraction of sp³-hybridized carbons (Fsp3) is 0.500. The second kappa shape index (κ2) is 13.9. The van der Waals surface area contributed by atoms with Gasteiger partial charge in [0.1, 0.15) is 5.82 Å². The highest BCUT2D eigenvalue weighted by atomic mass is 19.4. The summed E-state index contributed by atoms with van der Waals surface area (Å²) < 4.78 is 87.2. The van der Waals surface area contributed by atoms with E-state index in [2.05, 4.69) is 20.5 Å². The van der Waals surface area contributed by atoms with Crippen molar-refractivity contribution < 1.29 is 40.7 Å². The van der Waals surface area contributed by atoms with Crippen LogP contribution in [0.1, 0.15) is 79.1 Å². The number of carbonyl (C=O) groups excluding carboxylic acids is 2. The highest BCUT2D eigenvalue weighted by Crippen LogP contribution is 2.40. The maximum atomic E-state index is 13.7. The first kappa shape index (κ1) is 34.2. The molecular formula is C32H35F6N5O4. The number of nitrogens with zero attached hydrogens (tertiary/aromatic N) is 2. The van der Waals surface area contributed by atoms with Crippen LogP contribution in [-0.4, -0.2) is 57.1 Å². The zero-order chi connectivity index (χ0) is 33.9. The molecule has 15 heteroatoms. The molecule has 1 aromatic heterocycles. The summed E-state index contributed by atoms with van der Waals surface area (Å²) in [5.41, 5.74) is -2.70. The number of halogens is 6. The molecule has 3 N–H and O–H groups in total. The van der Waals surface area contributed by atoms with E-state index in [0.717, 1.165) is 5.56 Å². The molecule has 9 nitrogen and oxygen atoms in total. The number of rotatable bonds is 8. The summed E-state index contributed by atoms with van der Waals surface area (Å²) in [6.07, 6.45) is -9.04. The molecule has 47 heavy (non-hydrogen) atoms. The number of aromatic amines is 2. The van der Waals surface area contributed by atoms with Crippen molar-refractivity contribution in [3.05, 3.63) is 87.1 Å². The first-order valence-corrected chi connectivity index (χ1v) is 15.4. The number of piperidine rings is 1. The van der Waals surface area contributed by atoms with Crippen LogP contribution < -0.4 is 11.0 Å². The molecule has 2 amide bonds. The molecule has 2 aliphatic rings. The lowest BCUT2D eigenvalue weighted by Gasteiger charge is -2.42. The van der Waals surface area contributed by atoms with Crippen molar-refractivity contribution in [2.45, 2.75) is 82.0 Å². The monoisotopic (exact) mass is 667 g/mol. The van der Waals surface area contributed by atoms with Crippen molar-refractivity contribution in [3.8, 4) is 0 Å². The molecule has 1 aliphatic heterocycles. The van der Waals surface area contributed by atoms with Crippen molar-refractivity contribution in [2.24, 2.45) is 5.92 Å². The predicted molar refractivity (Wildman–Crippen MR) is 157 cm³/mol. The van der Waals surface area contributed by atoms with E-state index in [1.807, 2.05) is 30.3 Å². The summed E-state index contributed by atoms with van der Waals surface area (Å²) in [6, 6.07) is 10.5. The lowest BCUT2D eigenvalue weighted by atomic mass is 9.83. The van der Waals surface area contributed by atoms with E-state index >= 15 is 0 Å². The Kier molecular flexibility index (Phi) is 10.1. The van der Waals surface area contributed by atoms with E-state index in [4.69, 9.17) is 4.74 Å². The first-order valence-electron chi connectivity index (χ1n) is 15.4. The minimum Gasteiger partial charge on any atom is -0.370 e. The van der Waals surface area contributed by atoms with Gasteiger partial charge in [-0.05, 0) is 68.4 Å². The standard InChI is InChI=1S/C32H35F6N5O4/c1-18(21-13-22(31(33,34)35)15-23(14-21)32(36,37)38)47-26-11-12-43(17-25(26)19-5-3-2-4-6-19)29(45)20-7-9-24(10-8-20)39-28(44)16-27-40-30(46)42-41-27/h2-6,13-15,18,20,24-26H,7-12,16-17H2,1H3,(H,39,44)(H2,40,41,42,46)/t18-,20-,24-,25+,26+/m1/s1. The van der Waals surface area contributed by atoms with Gasteiger partial charge in [-0.15, -0.1) is 0 Å². The fourth-order valence-corrected chi connectivity index (χ4v) is 6.43. The summed E-state index contributed by atoms with van der Waals surface area (Å²) >= 11 is 0. The van der Waals surface area contributed by atoms with Crippen LogP contribution in [-0.2, 0) is 33.1 Å². The molecule has 2 heterocycles. The van der Waals surface area contributed by atoms with Gasteiger partial charge < -0.3 is 15.0 Å². The van der Waals surface area contributed by atoms with Gasteiger partial charge in [0.05, 0.1) is 29.8 Å². The van der Waals surface area contributed by atoms with Gasteiger partial charge >= 0.3 is 18.0 Å². The van der Waals surface area contributed by atoms with Gasteiger partial charge in [0, 0.05) is 31.0 Å². The molecule has 3 atom stereocenters. The van der Waals surface area contributed by atoms with Gasteiger partial charge in [-0.25, -0.2) is 9.89 Å². The van der Waals surface area contributed by atoms with Crippen molar-refractivity contribution in [3.63, 3.8) is 0 Å². The summed E-state index contributed by atoms with van der Waals surface area (Å²) in [6.45, 7) is 2.02. The topological polar surface area (TPSA) is 120 Å². The van der Waals surface area contributed by atoms with Crippen LogP contribution in [0.5, 0.6) is 0 Å². The van der Waals surface area contributed by atoms with Crippen molar-refractivity contribution in [1.82, 2.24) is 25.4 Å². The number of likely N-dealkylation sites (tertiary alicyclic amines) is 1. The smallest absolute Gasteiger partial charge is 0.370 e. The number of benzene rings is 2. The summed E-state index contributed by atoms with van der Waals surface area (Å²) in [5, 5.41) is 8.86. The molecule has 5 rings (SSSR count). The average molecular weight is 668 g/mol. The molecule has 1 saturated carbocycles. The van der Waals surface area contributed by atoms with E-state index in [1.165, 1.54) is 6.92 Å². The van der Waals surface area contributed by atoms with Crippen molar-refractivity contribution >= 4 is 11.8 Å². The Morgan fingerprint density at radius 2 is 1.62 bits per heavy atom. The zero-order valence-corrected chi connectivity index (χ0v) is 25.5. The number of hydrogen-bond acceptors (Lipinski definition) is 5. The second-order valence-corrected chi connectivity index (χ2v) is 12.2. The van der Waals surface area contributed by atoms with E-state index in [-0.39, 0.29) is 60.1 Å². The minimum atomic E-state index is -4.97. The zero-order valence-electron chi connectivity index (χ0n) is 25.5.